The lowest BCUT2D eigenvalue weighted by Crippen LogP contribution is -2.43. The quantitative estimate of drug-likeness (QED) is 0.620. The maximum atomic E-state index is 6.37. The number of rotatable bonds is 6. The summed E-state index contributed by atoms with van der Waals surface area (Å²) in [5.41, 5.74) is 3.98. The summed E-state index contributed by atoms with van der Waals surface area (Å²) in [5.74, 6) is 7.03. The monoisotopic (exact) mass is 317 g/mol. The van der Waals surface area contributed by atoms with Gasteiger partial charge in [0, 0.05) is 11.3 Å². The number of hydrazine groups is 1. The summed E-state index contributed by atoms with van der Waals surface area (Å²) in [7, 11) is 4.11. The molecule has 1 saturated heterocycles. The van der Waals surface area contributed by atoms with E-state index in [9.17, 15) is 0 Å². The Morgan fingerprint density at radius 1 is 1.65 bits per heavy atom. The first-order valence-electron chi connectivity index (χ1n) is 6.94. The van der Waals surface area contributed by atoms with E-state index in [-0.39, 0.29) is 10.8 Å². The van der Waals surface area contributed by atoms with Crippen molar-refractivity contribution in [3.05, 3.63) is 16.9 Å². The van der Waals surface area contributed by atoms with E-state index in [1.54, 1.807) is 6.20 Å². The average molecular weight is 318 g/mol. The van der Waals surface area contributed by atoms with Crippen molar-refractivity contribution in [2.45, 2.75) is 37.1 Å². The third-order valence-electron chi connectivity index (χ3n) is 3.89. The van der Waals surface area contributed by atoms with Gasteiger partial charge in [-0.25, -0.2) is 5.43 Å². The fraction of sp³-hybridized carbons (Fsp3) is 0.769. The number of nitrogens with zero attached hydrogens (tertiary/aromatic N) is 3. The first-order valence-corrected chi connectivity index (χ1v) is 8.30. The van der Waals surface area contributed by atoms with Crippen LogP contribution in [0.3, 0.4) is 0 Å². The molecule has 5 nitrogen and oxygen atoms in total. The summed E-state index contributed by atoms with van der Waals surface area (Å²) in [4.78, 5) is 2.14. The molecule has 2 heterocycles. The molecule has 0 aromatic carbocycles. The van der Waals surface area contributed by atoms with E-state index in [0.717, 1.165) is 25.2 Å². The van der Waals surface area contributed by atoms with E-state index < -0.39 is 0 Å². The maximum Gasteiger partial charge on any atom is 0.0835 e. The van der Waals surface area contributed by atoms with E-state index in [2.05, 4.69) is 36.4 Å². The van der Waals surface area contributed by atoms with Crippen LogP contribution in [0.1, 0.15) is 31.5 Å². The molecule has 3 N–H and O–H groups in total. The van der Waals surface area contributed by atoms with E-state index in [1.807, 2.05) is 16.4 Å². The van der Waals surface area contributed by atoms with Gasteiger partial charge in [0.2, 0.25) is 0 Å². The number of thioether (sulfide) groups is 1. The van der Waals surface area contributed by atoms with Crippen molar-refractivity contribution in [1.29, 1.82) is 0 Å². The second-order valence-electron chi connectivity index (χ2n) is 5.77. The van der Waals surface area contributed by atoms with Gasteiger partial charge in [0.05, 0.1) is 29.5 Å². The minimum absolute atomic E-state index is 0.0205. The van der Waals surface area contributed by atoms with Crippen LogP contribution in [0.15, 0.2) is 6.20 Å². The molecule has 2 unspecified atom stereocenters. The molecule has 2 atom stereocenters. The van der Waals surface area contributed by atoms with Crippen LogP contribution in [0.25, 0.3) is 0 Å². The zero-order chi connectivity index (χ0) is 14.8. The number of hydrogen-bond acceptors (Lipinski definition) is 5. The Hall–Kier alpha value is -0.270. The summed E-state index contributed by atoms with van der Waals surface area (Å²) in [6.45, 7) is 3.99. The van der Waals surface area contributed by atoms with Crippen molar-refractivity contribution < 1.29 is 0 Å². The lowest BCUT2D eigenvalue weighted by atomic mass is 9.94. The highest BCUT2D eigenvalue weighted by atomic mass is 35.5. The maximum absolute atomic E-state index is 6.37. The first kappa shape index (κ1) is 16.1. The molecule has 20 heavy (non-hydrogen) atoms. The Bertz CT molecular complexity index is 442. The van der Waals surface area contributed by atoms with Gasteiger partial charge in [-0.3, -0.25) is 10.5 Å². The van der Waals surface area contributed by atoms with Crippen molar-refractivity contribution >= 4 is 23.4 Å². The van der Waals surface area contributed by atoms with Gasteiger partial charge in [-0.2, -0.15) is 16.9 Å². The van der Waals surface area contributed by atoms with Gasteiger partial charge in [-0.15, -0.1) is 0 Å². The number of halogens is 1. The highest BCUT2D eigenvalue weighted by Crippen LogP contribution is 2.47. The lowest BCUT2D eigenvalue weighted by molar-refractivity contribution is 0.348. The van der Waals surface area contributed by atoms with Crippen LogP contribution in [0.2, 0.25) is 5.02 Å². The van der Waals surface area contributed by atoms with Crippen molar-refractivity contribution in [2.75, 3.05) is 26.4 Å². The molecular formula is C13H24ClN5S. The number of nitrogens with two attached hydrogens (primary N) is 1. The van der Waals surface area contributed by atoms with Gasteiger partial charge < -0.3 is 4.90 Å². The Kier molecular flexibility index (Phi) is 5.36. The van der Waals surface area contributed by atoms with Crippen molar-refractivity contribution in [3.8, 4) is 0 Å². The number of likely N-dealkylation sites (N-methyl/N-ethyl adjacent to an activating group) is 1. The second-order valence-corrected chi connectivity index (χ2v) is 7.81. The zero-order valence-electron chi connectivity index (χ0n) is 12.4. The zero-order valence-corrected chi connectivity index (χ0v) is 14.0. The first-order chi connectivity index (χ1) is 9.48. The summed E-state index contributed by atoms with van der Waals surface area (Å²) >= 11 is 8.34. The van der Waals surface area contributed by atoms with Crippen LogP contribution in [-0.4, -0.2) is 45.8 Å². The predicted octanol–water partition coefficient (Wildman–Crippen LogP) is 1.89. The smallest absolute Gasteiger partial charge is 0.0835 e. The summed E-state index contributed by atoms with van der Waals surface area (Å²) < 4.78 is 2.06. The van der Waals surface area contributed by atoms with Crippen LogP contribution < -0.4 is 11.3 Å². The van der Waals surface area contributed by atoms with Gasteiger partial charge in [-0.05, 0) is 39.6 Å². The van der Waals surface area contributed by atoms with Gasteiger partial charge in [-0.1, -0.05) is 11.6 Å². The Morgan fingerprint density at radius 3 is 2.95 bits per heavy atom. The van der Waals surface area contributed by atoms with Crippen molar-refractivity contribution in [2.24, 2.45) is 5.84 Å². The molecule has 0 aliphatic carbocycles. The van der Waals surface area contributed by atoms with Gasteiger partial charge >= 0.3 is 0 Å². The molecule has 0 bridgehead atoms. The third kappa shape index (κ3) is 3.31. The molecule has 0 spiro atoms. The van der Waals surface area contributed by atoms with E-state index in [1.165, 1.54) is 12.2 Å². The summed E-state index contributed by atoms with van der Waals surface area (Å²) in [5, 5.41) is 5.11. The molecule has 1 aliphatic heterocycles. The van der Waals surface area contributed by atoms with Crippen LogP contribution in [0.4, 0.5) is 0 Å². The molecule has 0 amide bonds. The molecule has 1 fully saturated rings. The van der Waals surface area contributed by atoms with E-state index >= 15 is 0 Å². The van der Waals surface area contributed by atoms with Crippen molar-refractivity contribution in [1.82, 2.24) is 20.1 Å². The molecule has 1 aromatic heterocycles. The Labute approximate surface area is 130 Å². The van der Waals surface area contributed by atoms with E-state index in [4.69, 9.17) is 17.4 Å². The van der Waals surface area contributed by atoms with Gasteiger partial charge in [0.1, 0.15) is 0 Å². The molecular weight excluding hydrogens is 294 g/mol. The third-order valence-corrected chi connectivity index (χ3v) is 5.78. The minimum Gasteiger partial charge on any atom is -0.308 e. The second kappa shape index (κ2) is 6.66. The molecule has 2 rings (SSSR count). The topological polar surface area (TPSA) is 59.1 Å². The lowest BCUT2D eigenvalue weighted by Gasteiger charge is -2.33. The van der Waals surface area contributed by atoms with Crippen molar-refractivity contribution in [3.63, 3.8) is 0 Å². The highest BCUT2D eigenvalue weighted by molar-refractivity contribution is 8.00. The predicted molar refractivity (Wildman–Crippen MR) is 86.0 cm³/mol. The Balaban J connectivity index is 2.26. The minimum atomic E-state index is 0.0205. The molecule has 1 aliphatic rings. The van der Waals surface area contributed by atoms with Crippen LogP contribution in [0.5, 0.6) is 0 Å². The highest BCUT2D eigenvalue weighted by Gasteiger charge is 2.41. The van der Waals surface area contributed by atoms with Crippen LogP contribution >= 0.6 is 23.4 Å². The van der Waals surface area contributed by atoms with Gasteiger partial charge in [0.25, 0.3) is 0 Å². The molecule has 0 saturated carbocycles. The van der Waals surface area contributed by atoms with Crippen LogP contribution in [-0.2, 0) is 6.54 Å². The summed E-state index contributed by atoms with van der Waals surface area (Å²) in [6, 6.07) is 0.0205. The van der Waals surface area contributed by atoms with Gasteiger partial charge in [0.15, 0.2) is 0 Å². The molecule has 7 heteroatoms. The number of nitrogens with one attached hydrogen (secondary N) is 1. The molecule has 0 radical (unpaired) electrons. The number of hydrogen-bond donors (Lipinski definition) is 2. The fourth-order valence-corrected chi connectivity index (χ4v) is 4.34. The average Bonchev–Trinajstić information content (AvgIpc) is 2.97. The standard InChI is InChI=1S/C13H24ClN5S/c1-13(5-4-8-20-13)12(17-15)11-10(14)9-16-19(11)7-6-18(2)3/h9,12,17H,4-8,15H2,1-3H3. The fourth-order valence-electron chi connectivity index (χ4n) is 2.70. The SMILES string of the molecule is CN(C)CCn1ncc(Cl)c1C(NN)C1(C)CCCS1. The van der Waals surface area contributed by atoms with E-state index in [0.29, 0.717) is 5.02 Å². The largest absolute Gasteiger partial charge is 0.308 e. The molecule has 1 aromatic rings. The number of aromatic nitrogens is 2. The molecule has 114 valence electrons. The van der Waals surface area contributed by atoms with Crippen LogP contribution in [0, 0.1) is 0 Å². The summed E-state index contributed by atoms with van der Waals surface area (Å²) in [6.07, 6.45) is 4.09. The normalized spacial score (nSPS) is 24.5. The Morgan fingerprint density at radius 2 is 2.40 bits per heavy atom.